The van der Waals surface area contributed by atoms with E-state index < -0.39 is 17.7 Å². The van der Waals surface area contributed by atoms with Crippen LogP contribution < -0.4 is 0 Å². The van der Waals surface area contributed by atoms with E-state index in [1.54, 1.807) is 12.1 Å². The number of likely N-dealkylation sites (tertiary alicyclic amines) is 1. The maximum atomic E-state index is 14.8. The average molecular weight is 456 g/mol. The zero-order valence-corrected chi connectivity index (χ0v) is 18.6. The highest BCUT2D eigenvalue weighted by Crippen LogP contribution is 2.35. The van der Waals surface area contributed by atoms with Gasteiger partial charge in [0.15, 0.2) is 11.6 Å². The fourth-order valence-corrected chi connectivity index (χ4v) is 4.77. The molecule has 2 aliphatic heterocycles. The van der Waals surface area contributed by atoms with Crippen molar-refractivity contribution in [3.8, 4) is 5.69 Å². The third kappa shape index (κ3) is 3.73. The quantitative estimate of drug-likeness (QED) is 0.522. The molecule has 32 heavy (non-hydrogen) atoms. The van der Waals surface area contributed by atoms with E-state index in [1.165, 1.54) is 37.5 Å². The number of rotatable bonds is 4. The Hall–Kier alpha value is -2.64. The molecule has 0 spiro atoms. The topological polar surface area (TPSA) is 46.3 Å². The number of halogens is 3. The zero-order valence-electron chi connectivity index (χ0n) is 17.9. The van der Waals surface area contributed by atoms with Gasteiger partial charge in [-0.3, -0.25) is 14.5 Å². The second kappa shape index (κ2) is 8.71. The first kappa shape index (κ1) is 21.2. The third-order valence-corrected chi connectivity index (χ3v) is 6.43. The minimum Gasteiger partial charge on any atom is -0.296 e. The van der Waals surface area contributed by atoms with Crippen LogP contribution in [0.3, 0.4) is 0 Å². The highest BCUT2D eigenvalue weighted by Gasteiger charge is 2.31. The summed E-state index contributed by atoms with van der Waals surface area (Å²) in [6.07, 6.45) is 4.21. The van der Waals surface area contributed by atoms with Crippen molar-refractivity contribution in [3.63, 3.8) is 0 Å². The van der Waals surface area contributed by atoms with Gasteiger partial charge in [0.05, 0.1) is 23.5 Å². The van der Waals surface area contributed by atoms with Gasteiger partial charge in [0.1, 0.15) is 17.7 Å². The molecule has 3 heterocycles. The molecule has 5 rings (SSSR count). The zero-order chi connectivity index (χ0) is 22.2. The van der Waals surface area contributed by atoms with Crippen molar-refractivity contribution in [1.82, 2.24) is 19.7 Å². The van der Waals surface area contributed by atoms with Crippen LogP contribution in [0, 0.1) is 11.6 Å². The molecule has 1 unspecified atom stereocenters. The smallest absolute Gasteiger partial charge is 0.162 e. The molecule has 1 aromatic heterocycles. The van der Waals surface area contributed by atoms with Crippen LogP contribution in [0.4, 0.5) is 8.78 Å². The first-order valence-electron chi connectivity index (χ1n) is 11.1. The van der Waals surface area contributed by atoms with Crippen LogP contribution in [0.25, 0.3) is 5.69 Å². The third-order valence-electron chi connectivity index (χ3n) is 6.19. The number of hydrogen-bond acceptors (Lipinski definition) is 4. The van der Waals surface area contributed by atoms with Gasteiger partial charge in [0.25, 0.3) is 0 Å². The molecule has 0 bridgehead atoms. The number of piperidine rings is 1. The molecular formula is C24H24ClF2N5. The molecule has 5 nitrogen and oxygen atoms in total. The minimum atomic E-state index is -0.657. The molecule has 1 fully saturated rings. The van der Waals surface area contributed by atoms with Gasteiger partial charge < -0.3 is 0 Å². The Balaban J connectivity index is 1.71. The fourth-order valence-electron chi connectivity index (χ4n) is 4.60. The molecule has 1 atom stereocenters. The van der Waals surface area contributed by atoms with Crippen molar-refractivity contribution in [1.29, 1.82) is 0 Å². The number of aliphatic imine (C=N–C) groups is 1. The molecule has 2 aromatic carbocycles. The van der Waals surface area contributed by atoms with Crippen molar-refractivity contribution in [2.75, 3.05) is 13.1 Å². The van der Waals surface area contributed by atoms with E-state index in [4.69, 9.17) is 16.6 Å². The molecule has 0 amide bonds. The molecule has 0 aliphatic carbocycles. The predicted molar refractivity (Wildman–Crippen MR) is 121 cm³/mol. The summed E-state index contributed by atoms with van der Waals surface area (Å²) in [5.41, 5.74) is 1.40. The number of aromatic nitrogens is 3. The van der Waals surface area contributed by atoms with Crippen LogP contribution in [0.15, 0.2) is 41.4 Å². The predicted octanol–water partition coefficient (Wildman–Crippen LogP) is 5.49. The molecule has 166 valence electrons. The van der Waals surface area contributed by atoms with Gasteiger partial charge in [0.2, 0.25) is 0 Å². The highest BCUT2D eigenvalue weighted by molar-refractivity contribution is 6.31. The molecule has 3 aromatic rings. The summed E-state index contributed by atoms with van der Waals surface area (Å²) in [5, 5.41) is 9.46. The van der Waals surface area contributed by atoms with E-state index >= 15 is 0 Å². The van der Waals surface area contributed by atoms with Gasteiger partial charge in [-0.2, -0.15) is 0 Å². The lowest BCUT2D eigenvalue weighted by molar-refractivity contribution is 0.214. The maximum absolute atomic E-state index is 14.8. The van der Waals surface area contributed by atoms with Gasteiger partial charge in [-0.05, 0) is 62.7 Å². The van der Waals surface area contributed by atoms with Crippen molar-refractivity contribution in [2.24, 2.45) is 4.99 Å². The van der Waals surface area contributed by atoms with Gasteiger partial charge in [-0.25, -0.2) is 8.78 Å². The summed E-state index contributed by atoms with van der Waals surface area (Å²) in [4.78, 5) is 7.19. The van der Waals surface area contributed by atoms with Crippen LogP contribution in [0.1, 0.15) is 61.4 Å². The Kier molecular flexibility index (Phi) is 5.78. The lowest BCUT2D eigenvalue weighted by Crippen LogP contribution is -2.30. The van der Waals surface area contributed by atoms with Crippen LogP contribution in [0.5, 0.6) is 0 Å². The van der Waals surface area contributed by atoms with Crippen LogP contribution >= 0.6 is 11.6 Å². The van der Waals surface area contributed by atoms with Gasteiger partial charge >= 0.3 is 0 Å². The van der Waals surface area contributed by atoms with E-state index in [0.717, 1.165) is 24.6 Å². The van der Waals surface area contributed by atoms with Gasteiger partial charge in [0, 0.05) is 10.6 Å². The van der Waals surface area contributed by atoms with Crippen molar-refractivity contribution >= 4 is 17.3 Å². The first-order chi connectivity index (χ1) is 15.6. The van der Waals surface area contributed by atoms with Crippen LogP contribution in [-0.4, -0.2) is 38.5 Å². The lowest BCUT2D eigenvalue weighted by Gasteiger charge is -2.26. The number of nitrogens with zero attached hydrogens (tertiary/aromatic N) is 5. The second-order valence-corrected chi connectivity index (χ2v) is 8.74. The molecule has 0 N–H and O–H groups in total. The Morgan fingerprint density at radius 1 is 1.03 bits per heavy atom. The van der Waals surface area contributed by atoms with Crippen LogP contribution in [0.2, 0.25) is 5.02 Å². The normalized spacial score (nSPS) is 18.6. The SMILES string of the molecule is CCC1N=C(c2c(F)cccc2F)c2cc(Cl)ccc2-n2c(CN3CCCCC3)nnc21. The van der Waals surface area contributed by atoms with E-state index in [2.05, 4.69) is 15.1 Å². The number of benzene rings is 2. The summed E-state index contributed by atoms with van der Waals surface area (Å²) in [6.45, 7) is 4.69. The molecular weight excluding hydrogens is 432 g/mol. The van der Waals surface area contributed by atoms with E-state index in [-0.39, 0.29) is 11.3 Å². The summed E-state index contributed by atoms with van der Waals surface area (Å²) in [7, 11) is 0. The van der Waals surface area contributed by atoms with E-state index in [0.29, 0.717) is 29.4 Å². The first-order valence-corrected chi connectivity index (χ1v) is 11.4. The van der Waals surface area contributed by atoms with Crippen molar-refractivity contribution < 1.29 is 8.78 Å². The lowest BCUT2D eigenvalue weighted by atomic mass is 9.99. The summed E-state index contributed by atoms with van der Waals surface area (Å²) >= 11 is 6.34. The second-order valence-electron chi connectivity index (χ2n) is 8.31. The Bertz CT molecular complexity index is 1160. The highest BCUT2D eigenvalue weighted by atomic mass is 35.5. The largest absolute Gasteiger partial charge is 0.296 e. The maximum Gasteiger partial charge on any atom is 0.162 e. The summed E-state index contributed by atoms with van der Waals surface area (Å²) < 4.78 is 31.7. The molecule has 0 radical (unpaired) electrons. The monoisotopic (exact) mass is 455 g/mol. The van der Waals surface area contributed by atoms with E-state index in [9.17, 15) is 8.78 Å². The van der Waals surface area contributed by atoms with Gasteiger partial charge in [-0.1, -0.05) is 31.0 Å². The Morgan fingerprint density at radius 3 is 2.50 bits per heavy atom. The van der Waals surface area contributed by atoms with Crippen molar-refractivity contribution in [3.05, 3.63) is 75.8 Å². The summed E-state index contributed by atoms with van der Waals surface area (Å²) in [5.74, 6) is 0.163. The fraction of sp³-hybridized carbons (Fsp3) is 0.375. The molecule has 0 saturated carbocycles. The van der Waals surface area contributed by atoms with E-state index in [1.807, 2.05) is 17.6 Å². The number of hydrogen-bond donors (Lipinski definition) is 0. The minimum absolute atomic E-state index is 0.147. The van der Waals surface area contributed by atoms with Crippen molar-refractivity contribution in [2.45, 2.75) is 45.2 Å². The summed E-state index contributed by atoms with van der Waals surface area (Å²) in [6, 6.07) is 8.81. The van der Waals surface area contributed by atoms with Gasteiger partial charge in [-0.15, -0.1) is 10.2 Å². The Morgan fingerprint density at radius 2 is 1.78 bits per heavy atom. The molecule has 8 heteroatoms. The average Bonchev–Trinajstić information content (AvgIpc) is 3.13. The number of fused-ring (bicyclic) bond motifs is 3. The standard InChI is InChI=1S/C24H24ClF2N5/c1-2-19-24-30-29-21(14-31-11-4-3-5-12-31)32(24)20-10-9-15(25)13-16(20)23(28-19)22-17(26)7-6-8-18(22)27/h6-10,13,19H,2-5,11-12,14H2,1H3. The molecule has 2 aliphatic rings. The van der Waals surface area contributed by atoms with Crippen LogP contribution in [-0.2, 0) is 6.54 Å². The Labute approximate surface area is 190 Å². The molecule has 1 saturated heterocycles.